The van der Waals surface area contributed by atoms with Crippen LogP contribution in [0.2, 0.25) is 0 Å². The summed E-state index contributed by atoms with van der Waals surface area (Å²) in [4.78, 5) is 20.6. The van der Waals surface area contributed by atoms with Gasteiger partial charge >= 0.3 is 0 Å². The van der Waals surface area contributed by atoms with Gasteiger partial charge in [-0.05, 0) is 43.3 Å². The maximum atomic E-state index is 13.0. The zero-order chi connectivity index (χ0) is 16.2. The maximum absolute atomic E-state index is 13.0. The summed E-state index contributed by atoms with van der Waals surface area (Å²) in [6, 6.07) is 13.3. The van der Waals surface area contributed by atoms with E-state index >= 15 is 0 Å². The third-order valence-corrected chi connectivity index (χ3v) is 3.25. The molecule has 0 aliphatic carbocycles. The van der Waals surface area contributed by atoms with E-state index in [2.05, 4.69) is 20.6 Å². The van der Waals surface area contributed by atoms with Crippen LogP contribution in [0.3, 0.4) is 0 Å². The number of para-hydroxylation sites is 1. The van der Waals surface area contributed by atoms with Crippen molar-refractivity contribution in [3.05, 3.63) is 60.2 Å². The Balaban J connectivity index is 2.06. The predicted octanol–water partition coefficient (Wildman–Crippen LogP) is 3.26. The standard InChI is InChI=1S/C17H15FN4O/c1-2-19-17(23)16-21-14-6-4-3-5-13(14)15(22-16)20-12-9-7-11(18)8-10-12/h3-10H,2H2,1H3,(H,19,23)(H,20,21,22). The molecule has 0 aliphatic heterocycles. The molecule has 0 radical (unpaired) electrons. The van der Waals surface area contributed by atoms with E-state index in [1.807, 2.05) is 31.2 Å². The summed E-state index contributed by atoms with van der Waals surface area (Å²) in [5.41, 5.74) is 1.34. The van der Waals surface area contributed by atoms with Crippen molar-refractivity contribution in [1.29, 1.82) is 0 Å². The highest BCUT2D eigenvalue weighted by atomic mass is 19.1. The van der Waals surface area contributed by atoms with E-state index < -0.39 is 0 Å². The summed E-state index contributed by atoms with van der Waals surface area (Å²) < 4.78 is 13.0. The van der Waals surface area contributed by atoms with Gasteiger partial charge in [-0.2, -0.15) is 0 Å². The maximum Gasteiger partial charge on any atom is 0.289 e. The van der Waals surface area contributed by atoms with Crippen molar-refractivity contribution in [2.45, 2.75) is 6.92 Å². The molecule has 0 unspecified atom stereocenters. The van der Waals surface area contributed by atoms with Crippen molar-refractivity contribution < 1.29 is 9.18 Å². The van der Waals surface area contributed by atoms with Crippen LogP contribution in [0.25, 0.3) is 10.9 Å². The number of amides is 1. The Bertz CT molecular complexity index is 849. The van der Waals surface area contributed by atoms with Crippen molar-refractivity contribution in [3.8, 4) is 0 Å². The molecule has 2 aromatic carbocycles. The number of benzene rings is 2. The zero-order valence-corrected chi connectivity index (χ0v) is 12.5. The molecule has 5 nitrogen and oxygen atoms in total. The Morgan fingerprint density at radius 2 is 1.83 bits per heavy atom. The monoisotopic (exact) mass is 310 g/mol. The zero-order valence-electron chi connectivity index (χ0n) is 12.5. The van der Waals surface area contributed by atoms with Gasteiger partial charge in [-0.3, -0.25) is 4.79 Å². The minimum atomic E-state index is -0.333. The van der Waals surface area contributed by atoms with Crippen LogP contribution in [0.4, 0.5) is 15.9 Å². The van der Waals surface area contributed by atoms with Crippen LogP contribution in [0.5, 0.6) is 0 Å². The number of fused-ring (bicyclic) bond motifs is 1. The van der Waals surface area contributed by atoms with E-state index in [0.29, 0.717) is 23.6 Å². The summed E-state index contributed by atoms with van der Waals surface area (Å²) in [6.07, 6.45) is 0. The number of halogens is 1. The molecule has 1 heterocycles. The van der Waals surface area contributed by atoms with Gasteiger partial charge in [-0.25, -0.2) is 14.4 Å². The Kier molecular flexibility index (Phi) is 4.14. The highest BCUT2D eigenvalue weighted by Crippen LogP contribution is 2.23. The number of rotatable bonds is 4. The molecule has 1 aromatic heterocycles. The van der Waals surface area contributed by atoms with Crippen LogP contribution in [-0.4, -0.2) is 22.4 Å². The number of carbonyl (C=O) groups excluding carboxylic acids is 1. The fraction of sp³-hybridized carbons (Fsp3) is 0.118. The summed E-state index contributed by atoms with van der Waals surface area (Å²) in [6.45, 7) is 2.33. The van der Waals surface area contributed by atoms with Gasteiger partial charge in [0.1, 0.15) is 11.6 Å². The molecular weight excluding hydrogens is 295 g/mol. The van der Waals surface area contributed by atoms with E-state index in [9.17, 15) is 9.18 Å². The number of carbonyl (C=O) groups is 1. The van der Waals surface area contributed by atoms with Gasteiger partial charge < -0.3 is 10.6 Å². The second-order valence-corrected chi connectivity index (χ2v) is 4.90. The lowest BCUT2D eigenvalue weighted by Crippen LogP contribution is -2.25. The number of aromatic nitrogens is 2. The van der Waals surface area contributed by atoms with E-state index in [1.54, 1.807) is 12.1 Å². The number of nitrogens with zero attached hydrogens (tertiary/aromatic N) is 2. The van der Waals surface area contributed by atoms with E-state index in [4.69, 9.17) is 0 Å². The van der Waals surface area contributed by atoms with Crippen LogP contribution < -0.4 is 10.6 Å². The summed E-state index contributed by atoms with van der Waals surface area (Å²) >= 11 is 0. The molecule has 6 heteroatoms. The van der Waals surface area contributed by atoms with Gasteiger partial charge in [0.25, 0.3) is 5.91 Å². The molecule has 0 saturated heterocycles. The first-order valence-corrected chi connectivity index (χ1v) is 7.25. The fourth-order valence-corrected chi connectivity index (χ4v) is 2.18. The molecule has 2 N–H and O–H groups in total. The number of hydrogen-bond donors (Lipinski definition) is 2. The molecule has 0 atom stereocenters. The lowest BCUT2D eigenvalue weighted by molar-refractivity contribution is 0.0946. The first-order chi connectivity index (χ1) is 11.2. The smallest absolute Gasteiger partial charge is 0.289 e. The van der Waals surface area contributed by atoms with E-state index in [0.717, 1.165) is 5.39 Å². The third-order valence-electron chi connectivity index (χ3n) is 3.25. The number of nitrogens with one attached hydrogen (secondary N) is 2. The normalized spacial score (nSPS) is 10.5. The van der Waals surface area contributed by atoms with Gasteiger partial charge in [-0.15, -0.1) is 0 Å². The van der Waals surface area contributed by atoms with Gasteiger partial charge in [0, 0.05) is 17.6 Å². The van der Waals surface area contributed by atoms with E-state index in [1.165, 1.54) is 12.1 Å². The minimum absolute atomic E-state index is 0.0927. The van der Waals surface area contributed by atoms with Crippen LogP contribution in [0, 0.1) is 5.82 Å². The Hall–Kier alpha value is -3.02. The van der Waals surface area contributed by atoms with Crippen LogP contribution in [0.15, 0.2) is 48.5 Å². The lowest BCUT2D eigenvalue weighted by Gasteiger charge is -2.10. The molecule has 23 heavy (non-hydrogen) atoms. The number of hydrogen-bond acceptors (Lipinski definition) is 4. The Morgan fingerprint density at radius 1 is 1.09 bits per heavy atom. The quantitative estimate of drug-likeness (QED) is 0.776. The largest absolute Gasteiger partial charge is 0.350 e. The summed E-state index contributed by atoms with van der Waals surface area (Å²) in [7, 11) is 0. The predicted molar refractivity (Wildman–Crippen MR) is 87.2 cm³/mol. The highest BCUT2D eigenvalue weighted by molar-refractivity contribution is 5.97. The first-order valence-electron chi connectivity index (χ1n) is 7.25. The lowest BCUT2D eigenvalue weighted by atomic mass is 10.2. The van der Waals surface area contributed by atoms with Crippen molar-refractivity contribution in [2.24, 2.45) is 0 Å². The summed E-state index contributed by atoms with van der Waals surface area (Å²) in [5, 5.41) is 6.58. The van der Waals surface area contributed by atoms with Crippen molar-refractivity contribution in [2.75, 3.05) is 11.9 Å². The second kappa shape index (κ2) is 6.39. The Labute approximate surface area is 132 Å². The topological polar surface area (TPSA) is 66.9 Å². The molecule has 116 valence electrons. The molecular formula is C17H15FN4O. The molecule has 1 amide bonds. The molecule has 0 fully saturated rings. The van der Waals surface area contributed by atoms with Gasteiger partial charge in [0.05, 0.1) is 5.52 Å². The molecule has 0 spiro atoms. The van der Waals surface area contributed by atoms with E-state index in [-0.39, 0.29) is 17.5 Å². The SMILES string of the molecule is CCNC(=O)c1nc(Nc2ccc(F)cc2)c2ccccc2n1. The average molecular weight is 310 g/mol. The molecule has 0 saturated carbocycles. The molecule has 0 aliphatic rings. The molecule has 0 bridgehead atoms. The van der Waals surface area contributed by atoms with Gasteiger partial charge in [0.15, 0.2) is 0 Å². The van der Waals surface area contributed by atoms with Crippen LogP contribution >= 0.6 is 0 Å². The third kappa shape index (κ3) is 3.26. The van der Waals surface area contributed by atoms with Crippen molar-refractivity contribution >= 4 is 28.3 Å². The molecule has 3 rings (SSSR count). The van der Waals surface area contributed by atoms with Gasteiger partial charge in [0.2, 0.25) is 5.82 Å². The van der Waals surface area contributed by atoms with Crippen LogP contribution in [-0.2, 0) is 0 Å². The Morgan fingerprint density at radius 3 is 2.57 bits per heavy atom. The average Bonchev–Trinajstić information content (AvgIpc) is 2.57. The minimum Gasteiger partial charge on any atom is -0.350 e. The number of anilines is 2. The van der Waals surface area contributed by atoms with Crippen molar-refractivity contribution in [3.63, 3.8) is 0 Å². The first kappa shape index (κ1) is 14.9. The second-order valence-electron chi connectivity index (χ2n) is 4.90. The van der Waals surface area contributed by atoms with Crippen molar-refractivity contribution in [1.82, 2.24) is 15.3 Å². The fourth-order valence-electron chi connectivity index (χ4n) is 2.18. The highest BCUT2D eigenvalue weighted by Gasteiger charge is 2.13. The molecule has 3 aromatic rings. The van der Waals surface area contributed by atoms with Crippen LogP contribution in [0.1, 0.15) is 17.5 Å². The van der Waals surface area contributed by atoms with Gasteiger partial charge in [-0.1, -0.05) is 12.1 Å². The summed E-state index contributed by atoms with van der Waals surface area (Å²) in [5.74, 6) is -0.0508.